The molecule has 2 atom stereocenters. The molecule has 1 aliphatic rings. The zero-order valence-corrected chi connectivity index (χ0v) is 6.76. The van der Waals surface area contributed by atoms with Gasteiger partial charge in [-0.25, -0.2) is 0 Å². The first-order valence-corrected chi connectivity index (χ1v) is 3.72. The van der Waals surface area contributed by atoms with Gasteiger partial charge in [-0.15, -0.1) is 0 Å². The third-order valence-corrected chi connectivity index (χ3v) is 2.70. The van der Waals surface area contributed by atoms with E-state index in [2.05, 4.69) is 0 Å². The minimum absolute atomic E-state index is 0.00106. The van der Waals surface area contributed by atoms with Crippen molar-refractivity contribution in [3.8, 4) is 0 Å². The molecule has 0 aromatic carbocycles. The van der Waals surface area contributed by atoms with E-state index in [0.717, 1.165) is 6.42 Å². The molecule has 1 rings (SSSR count). The Labute approximate surface area is 65.4 Å². The molecule has 11 heavy (non-hydrogen) atoms. The van der Waals surface area contributed by atoms with Gasteiger partial charge in [-0.3, -0.25) is 9.59 Å². The highest BCUT2D eigenvalue weighted by Gasteiger charge is 2.51. The zero-order valence-electron chi connectivity index (χ0n) is 6.76. The lowest BCUT2D eigenvalue weighted by atomic mass is 9.60. The Morgan fingerprint density at radius 2 is 2.09 bits per heavy atom. The smallest absolute Gasteiger partial charge is 0.310 e. The van der Waals surface area contributed by atoms with E-state index in [4.69, 9.17) is 5.11 Å². The molecule has 3 nitrogen and oxygen atoms in total. The molecule has 1 fully saturated rings. The van der Waals surface area contributed by atoms with Gasteiger partial charge in [0.1, 0.15) is 5.78 Å². The Morgan fingerprint density at radius 3 is 2.18 bits per heavy atom. The molecule has 0 heterocycles. The van der Waals surface area contributed by atoms with Crippen LogP contribution in [0.25, 0.3) is 0 Å². The minimum atomic E-state index is -0.844. The average Bonchev–Trinajstić information content (AvgIpc) is 1.82. The van der Waals surface area contributed by atoms with Crippen molar-refractivity contribution >= 4 is 11.8 Å². The van der Waals surface area contributed by atoms with E-state index in [1.807, 2.05) is 0 Å². The summed E-state index contributed by atoms with van der Waals surface area (Å²) in [5.74, 6) is -1.09. The van der Waals surface area contributed by atoms with Crippen LogP contribution in [0.4, 0.5) is 0 Å². The third-order valence-electron chi connectivity index (χ3n) is 2.70. The van der Waals surface area contributed by atoms with Gasteiger partial charge in [-0.2, -0.15) is 0 Å². The molecule has 0 saturated heterocycles. The quantitative estimate of drug-likeness (QED) is 0.650. The van der Waals surface area contributed by atoms with Gasteiger partial charge in [-0.1, -0.05) is 0 Å². The van der Waals surface area contributed by atoms with Crippen LogP contribution in [0.5, 0.6) is 0 Å². The fourth-order valence-electron chi connectivity index (χ4n) is 1.63. The molecule has 0 bridgehead atoms. The van der Waals surface area contributed by atoms with Gasteiger partial charge in [0.05, 0.1) is 5.41 Å². The molecule has 1 saturated carbocycles. The van der Waals surface area contributed by atoms with Crippen LogP contribution in [0.3, 0.4) is 0 Å². The Kier molecular flexibility index (Phi) is 1.74. The molecule has 0 unspecified atom stereocenters. The first-order chi connectivity index (χ1) is 4.98. The van der Waals surface area contributed by atoms with E-state index >= 15 is 0 Å². The second-order valence-corrected chi connectivity index (χ2v) is 3.42. The summed E-state index contributed by atoms with van der Waals surface area (Å²) in [4.78, 5) is 21.5. The van der Waals surface area contributed by atoms with Crippen molar-refractivity contribution < 1.29 is 14.7 Å². The van der Waals surface area contributed by atoms with E-state index in [-0.39, 0.29) is 11.7 Å². The van der Waals surface area contributed by atoms with Gasteiger partial charge in [0.2, 0.25) is 0 Å². The summed E-state index contributed by atoms with van der Waals surface area (Å²) in [5.41, 5.74) is -0.772. The number of hydrogen-bond acceptors (Lipinski definition) is 2. The standard InChI is InChI=1S/C8H12O3/c1-5(9)6-3-4-8(6,2)7(10)11/h6H,3-4H2,1-2H3,(H,10,11)/t6-,8-/m0/s1. The monoisotopic (exact) mass is 156 g/mol. The molecule has 1 aliphatic carbocycles. The second kappa shape index (κ2) is 2.32. The number of carboxylic acids is 1. The number of aliphatic carboxylic acids is 1. The molecular formula is C8H12O3. The Hall–Kier alpha value is -0.860. The third kappa shape index (κ3) is 1.04. The van der Waals surface area contributed by atoms with Crippen LogP contribution in [0, 0.1) is 11.3 Å². The normalized spacial score (nSPS) is 36.0. The number of carbonyl (C=O) groups excluding carboxylic acids is 1. The summed E-state index contributed by atoms with van der Waals surface area (Å²) >= 11 is 0. The molecule has 0 aromatic heterocycles. The maximum Gasteiger partial charge on any atom is 0.310 e. The summed E-state index contributed by atoms with van der Waals surface area (Å²) in [6.45, 7) is 3.11. The predicted molar refractivity (Wildman–Crippen MR) is 39.1 cm³/mol. The first-order valence-electron chi connectivity index (χ1n) is 3.72. The average molecular weight is 156 g/mol. The van der Waals surface area contributed by atoms with Gasteiger partial charge >= 0.3 is 5.97 Å². The molecule has 0 amide bonds. The van der Waals surface area contributed by atoms with Crippen molar-refractivity contribution in [1.82, 2.24) is 0 Å². The molecule has 0 aromatic rings. The van der Waals surface area contributed by atoms with Crippen LogP contribution in [0.1, 0.15) is 26.7 Å². The van der Waals surface area contributed by atoms with Crippen molar-refractivity contribution in [3.05, 3.63) is 0 Å². The predicted octanol–water partition coefficient (Wildman–Crippen LogP) is 1.08. The zero-order chi connectivity index (χ0) is 8.65. The fourth-order valence-corrected chi connectivity index (χ4v) is 1.63. The van der Waals surface area contributed by atoms with Gasteiger partial charge in [0.25, 0.3) is 0 Å². The molecule has 1 N–H and O–H groups in total. The van der Waals surface area contributed by atoms with Gasteiger partial charge in [0.15, 0.2) is 0 Å². The summed E-state index contributed by atoms with van der Waals surface area (Å²) in [5, 5.41) is 8.76. The van der Waals surface area contributed by atoms with Crippen LogP contribution in [0.2, 0.25) is 0 Å². The van der Waals surface area contributed by atoms with E-state index in [1.54, 1.807) is 6.92 Å². The number of carboxylic acid groups (broad SMARTS) is 1. The van der Waals surface area contributed by atoms with Crippen molar-refractivity contribution in [2.75, 3.05) is 0 Å². The van der Waals surface area contributed by atoms with Crippen LogP contribution in [0.15, 0.2) is 0 Å². The molecule has 62 valence electrons. The van der Waals surface area contributed by atoms with Crippen LogP contribution < -0.4 is 0 Å². The lowest BCUT2D eigenvalue weighted by Crippen LogP contribution is -2.47. The minimum Gasteiger partial charge on any atom is -0.481 e. The highest BCUT2D eigenvalue weighted by atomic mass is 16.4. The molecule has 3 heteroatoms. The second-order valence-electron chi connectivity index (χ2n) is 3.42. The summed E-state index contributed by atoms with van der Waals surface area (Å²) in [6.07, 6.45) is 1.37. The Balaban J connectivity index is 2.75. The number of rotatable bonds is 2. The Bertz CT molecular complexity index is 209. The van der Waals surface area contributed by atoms with Crippen LogP contribution >= 0.6 is 0 Å². The van der Waals surface area contributed by atoms with Crippen LogP contribution in [-0.2, 0) is 9.59 Å². The highest BCUT2D eigenvalue weighted by Crippen LogP contribution is 2.46. The summed E-state index contributed by atoms with van der Waals surface area (Å²) < 4.78 is 0. The van der Waals surface area contributed by atoms with Gasteiger partial charge in [-0.05, 0) is 26.7 Å². The molecule has 0 aliphatic heterocycles. The highest BCUT2D eigenvalue weighted by molar-refractivity contribution is 5.88. The number of ketones is 1. The summed E-state index contributed by atoms with van der Waals surface area (Å²) in [6, 6.07) is 0. The Morgan fingerprint density at radius 1 is 1.55 bits per heavy atom. The number of Topliss-reactive ketones (excluding diaryl/α,β-unsaturated/α-hetero) is 1. The lowest BCUT2D eigenvalue weighted by Gasteiger charge is -2.41. The van der Waals surface area contributed by atoms with E-state index in [9.17, 15) is 9.59 Å². The number of hydrogen-bond donors (Lipinski definition) is 1. The molecule has 0 spiro atoms. The summed E-state index contributed by atoms with van der Waals surface area (Å²) in [7, 11) is 0. The fraction of sp³-hybridized carbons (Fsp3) is 0.750. The van der Waals surface area contributed by atoms with E-state index < -0.39 is 11.4 Å². The van der Waals surface area contributed by atoms with Crippen molar-refractivity contribution in [2.45, 2.75) is 26.7 Å². The van der Waals surface area contributed by atoms with Crippen molar-refractivity contribution in [1.29, 1.82) is 0 Å². The van der Waals surface area contributed by atoms with E-state index in [1.165, 1.54) is 6.92 Å². The van der Waals surface area contributed by atoms with Gasteiger partial charge < -0.3 is 5.11 Å². The first kappa shape index (κ1) is 8.24. The maximum atomic E-state index is 10.9. The maximum absolute atomic E-state index is 10.9. The topological polar surface area (TPSA) is 54.4 Å². The molecular weight excluding hydrogens is 144 g/mol. The van der Waals surface area contributed by atoms with Gasteiger partial charge in [0, 0.05) is 5.92 Å². The van der Waals surface area contributed by atoms with Crippen molar-refractivity contribution in [3.63, 3.8) is 0 Å². The molecule has 0 radical (unpaired) electrons. The van der Waals surface area contributed by atoms with Crippen LogP contribution in [-0.4, -0.2) is 16.9 Å². The number of carbonyl (C=O) groups is 2. The lowest BCUT2D eigenvalue weighted by molar-refractivity contribution is -0.163. The SMILES string of the molecule is CC(=O)[C@@H]1CC[C@]1(C)C(=O)O. The largest absolute Gasteiger partial charge is 0.481 e. The van der Waals surface area contributed by atoms with E-state index in [0.29, 0.717) is 6.42 Å². The van der Waals surface area contributed by atoms with Crippen molar-refractivity contribution in [2.24, 2.45) is 11.3 Å².